The predicted octanol–water partition coefficient (Wildman–Crippen LogP) is 2.90. The molecule has 0 aliphatic carbocycles. The lowest BCUT2D eigenvalue weighted by atomic mass is 9.96. The zero-order valence-corrected chi connectivity index (χ0v) is 11.6. The number of rotatable bonds is 3. The third kappa shape index (κ3) is 3.19. The smallest absolute Gasteiger partial charge is 0.325 e. The molecular weight excluding hydrogens is 266 g/mol. The van der Waals surface area contributed by atoms with Crippen molar-refractivity contribution in [1.82, 2.24) is 4.90 Å². The van der Waals surface area contributed by atoms with Gasteiger partial charge in [0.15, 0.2) is 0 Å². The standard InChI is InChI=1S/C14H18ClNO3/c1-9-3-2-6-16(8-9)13(14(18)19)11-7-10(15)4-5-12(11)17/h4-5,7,9,13,17H,2-3,6,8H2,1H3,(H,18,19). The van der Waals surface area contributed by atoms with Gasteiger partial charge in [0.25, 0.3) is 0 Å². The molecule has 1 heterocycles. The maximum atomic E-state index is 11.6. The van der Waals surface area contributed by atoms with Gasteiger partial charge in [0, 0.05) is 17.1 Å². The second kappa shape index (κ2) is 5.80. The van der Waals surface area contributed by atoms with Gasteiger partial charge >= 0.3 is 5.97 Å². The molecule has 1 aliphatic rings. The van der Waals surface area contributed by atoms with E-state index in [1.165, 1.54) is 12.1 Å². The summed E-state index contributed by atoms with van der Waals surface area (Å²) >= 11 is 5.91. The average molecular weight is 284 g/mol. The Bertz CT molecular complexity index is 478. The number of likely N-dealkylation sites (tertiary alicyclic amines) is 1. The van der Waals surface area contributed by atoms with E-state index in [2.05, 4.69) is 6.92 Å². The van der Waals surface area contributed by atoms with Gasteiger partial charge in [-0.1, -0.05) is 18.5 Å². The first-order valence-corrected chi connectivity index (χ1v) is 6.82. The fourth-order valence-electron chi connectivity index (χ4n) is 2.69. The maximum Gasteiger partial charge on any atom is 0.325 e. The zero-order chi connectivity index (χ0) is 14.0. The lowest BCUT2D eigenvalue weighted by Gasteiger charge is -2.35. The monoisotopic (exact) mass is 283 g/mol. The number of aromatic hydroxyl groups is 1. The number of carbonyl (C=O) groups is 1. The third-order valence-electron chi connectivity index (χ3n) is 3.57. The van der Waals surface area contributed by atoms with E-state index in [-0.39, 0.29) is 5.75 Å². The van der Waals surface area contributed by atoms with Crippen LogP contribution in [0.15, 0.2) is 18.2 Å². The molecule has 2 N–H and O–H groups in total. The van der Waals surface area contributed by atoms with Gasteiger partial charge in [-0.25, -0.2) is 0 Å². The molecule has 1 aromatic rings. The predicted molar refractivity (Wildman–Crippen MR) is 73.5 cm³/mol. The van der Waals surface area contributed by atoms with Crippen LogP contribution in [0.25, 0.3) is 0 Å². The highest BCUT2D eigenvalue weighted by Crippen LogP contribution is 2.33. The van der Waals surface area contributed by atoms with Crippen LogP contribution in [0.4, 0.5) is 0 Å². The minimum Gasteiger partial charge on any atom is -0.508 e. The quantitative estimate of drug-likeness (QED) is 0.895. The van der Waals surface area contributed by atoms with E-state index in [1.807, 2.05) is 4.90 Å². The van der Waals surface area contributed by atoms with Crippen molar-refractivity contribution in [3.63, 3.8) is 0 Å². The van der Waals surface area contributed by atoms with Crippen molar-refractivity contribution in [1.29, 1.82) is 0 Å². The molecule has 2 atom stereocenters. The van der Waals surface area contributed by atoms with Crippen molar-refractivity contribution >= 4 is 17.6 Å². The highest BCUT2D eigenvalue weighted by atomic mass is 35.5. The number of phenolic OH excluding ortho intramolecular Hbond substituents is 1. The minimum atomic E-state index is -0.952. The molecule has 0 bridgehead atoms. The molecule has 2 rings (SSSR count). The average Bonchev–Trinajstić information content (AvgIpc) is 2.33. The summed E-state index contributed by atoms with van der Waals surface area (Å²) in [4.78, 5) is 13.5. The first-order valence-electron chi connectivity index (χ1n) is 6.44. The van der Waals surface area contributed by atoms with Crippen LogP contribution < -0.4 is 0 Å². The molecule has 1 aliphatic heterocycles. The number of nitrogens with zero attached hydrogens (tertiary/aromatic N) is 1. The summed E-state index contributed by atoms with van der Waals surface area (Å²) in [6.07, 6.45) is 2.09. The fraction of sp³-hybridized carbons (Fsp3) is 0.500. The Morgan fingerprint density at radius 3 is 2.89 bits per heavy atom. The molecule has 5 heteroatoms. The van der Waals surface area contributed by atoms with Gasteiger partial charge in [-0.05, 0) is 43.5 Å². The topological polar surface area (TPSA) is 60.8 Å². The Balaban J connectivity index is 2.34. The molecule has 0 amide bonds. The summed E-state index contributed by atoms with van der Waals surface area (Å²) in [6, 6.07) is 3.70. The summed E-state index contributed by atoms with van der Waals surface area (Å²) in [5.74, 6) is -0.501. The van der Waals surface area contributed by atoms with Crippen molar-refractivity contribution in [3.8, 4) is 5.75 Å². The highest BCUT2D eigenvalue weighted by Gasteiger charge is 2.32. The van der Waals surface area contributed by atoms with Crippen LogP contribution in [0, 0.1) is 5.92 Å². The highest BCUT2D eigenvalue weighted by molar-refractivity contribution is 6.30. The number of hydrogen-bond donors (Lipinski definition) is 2. The van der Waals surface area contributed by atoms with E-state index in [1.54, 1.807) is 6.07 Å². The molecule has 0 aromatic heterocycles. The Kier molecular flexibility index (Phi) is 4.32. The summed E-state index contributed by atoms with van der Waals surface area (Å²) in [5, 5.41) is 19.8. The van der Waals surface area contributed by atoms with Crippen LogP contribution >= 0.6 is 11.6 Å². The normalized spacial score (nSPS) is 22.1. The first-order chi connectivity index (χ1) is 8.99. The molecule has 0 spiro atoms. The van der Waals surface area contributed by atoms with Gasteiger partial charge in [-0.2, -0.15) is 0 Å². The second-order valence-electron chi connectivity index (χ2n) is 5.19. The Hall–Kier alpha value is -1.26. The van der Waals surface area contributed by atoms with Gasteiger partial charge in [0.1, 0.15) is 11.8 Å². The third-order valence-corrected chi connectivity index (χ3v) is 3.81. The van der Waals surface area contributed by atoms with Crippen LogP contribution in [0.3, 0.4) is 0 Å². The van der Waals surface area contributed by atoms with Gasteiger partial charge in [-0.3, -0.25) is 9.69 Å². The summed E-state index contributed by atoms with van der Waals surface area (Å²) in [5.41, 5.74) is 0.370. The molecule has 4 nitrogen and oxygen atoms in total. The molecule has 2 unspecified atom stereocenters. The lowest BCUT2D eigenvalue weighted by molar-refractivity contribution is -0.144. The molecular formula is C14H18ClNO3. The van der Waals surface area contributed by atoms with Gasteiger partial charge in [-0.15, -0.1) is 0 Å². The van der Waals surface area contributed by atoms with Crippen LogP contribution in [0.2, 0.25) is 5.02 Å². The second-order valence-corrected chi connectivity index (χ2v) is 5.62. The van der Waals surface area contributed by atoms with E-state index < -0.39 is 12.0 Å². The molecule has 1 fully saturated rings. The molecule has 0 saturated carbocycles. The van der Waals surface area contributed by atoms with Crippen molar-refractivity contribution in [3.05, 3.63) is 28.8 Å². The number of aliphatic carboxylic acids is 1. The van der Waals surface area contributed by atoms with E-state index in [0.717, 1.165) is 25.9 Å². The van der Waals surface area contributed by atoms with E-state index in [4.69, 9.17) is 11.6 Å². The Morgan fingerprint density at radius 2 is 2.26 bits per heavy atom. The largest absolute Gasteiger partial charge is 0.508 e. The van der Waals surface area contributed by atoms with E-state index in [0.29, 0.717) is 16.5 Å². The Morgan fingerprint density at radius 1 is 1.53 bits per heavy atom. The van der Waals surface area contributed by atoms with E-state index >= 15 is 0 Å². The molecule has 0 radical (unpaired) electrons. The lowest BCUT2D eigenvalue weighted by Crippen LogP contribution is -2.40. The number of carboxylic acids is 1. The Labute approximate surface area is 117 Å². The van der Waals surface area contributed by atoms with Crippen LogP contribution in [-0.4, -0.2) is 34.2 Å². The zero-order valence-electron chi connectivity index (χ0n) is 10.8. The van der Waals surface area contributed by atoms with Crippen LogP contribution in [-0.2, 0) is 4.79 Å². The number of carboxylic acid groups (broad SMARTS) is 1. The van der Waals surface area contributed by atoms with Crippen LogP contribution in [0.5, 0.6) is 5.75 Å². The summed E-state index contributed by atoms with van der Waals surface area (Å²) in [7, 11) is 0. The summed E-state index contributed by atoms with van der Waals surface area (Å²) in [6.45, 7) is 3.57. The number of piperidine rings is 1. The molecule has 1 aromatic carbocycles. The summed E-state index contributed by atoms with van der Waals surface area (Å²) < 4.78 is 0. The number of hydrogen-bond acceptors (Lipinski definition) is 3. The first kappa shape index (κ1) is 14.2. The van der Waals surface area contributed by atoms with E-state index in [9.17, 15) is 15.0 Å². The van der Waals surface area contributed by atoms with Gasteiger partial charge < -0.3 is 10.2 Å². The fourth-order valence-corrected chi connectivity index (χ4v) is 2.87. The number of phenols is 1. The van der Waals surface area contributed by atoms with Crippen molar-refractivity contribution < 1.29 is 15.0 Å². The number of halogens is 1. The molecule has 104 valence electrons. The van der Waals surface area contributed by atoms with Crippen molar-refractivity contribution in [2.24, 2.45) is 5.92 Å². The van der Waals surface area contributed by atoms with Crippen LogP contribution in [0.1, 0.15) is 31.4 Å². The van der Waals surface area contributed by atoms with Crippen molar-refractivity contribution in [2.75, 3.05) is 13.1 Å². The van der Waals surface area contributed by atoms with Gasteiger partial charge in [0.2, 0.25) is 0 Å². The number of benzene rings is 1. The maximum absolute atomic E-state index is 11.6. The minimum absolute atomic E-state index is 0.0185. The molecule has 1 saturated heterocycles. The molecule has 19 heavy (non-hydrogen) atoms. The SMILES string of the molecule is CC1CCCN(C(C(=O)O)c2cc(Cl)ccc2O)C1. The van der Waals surface area contributed by atoms with Gasteiger partial charge in [0.05, 0.1) is 0 Å². The van der Waals surface area contributed by atoms with Crippen molar-refractivity contribution in [2.45, 2.75) is 25.8 Å².